The van der Waals surface area contributed by atoms with Crippen LogP contribution in [-0.2, 0) is 0 Å². The zero-order valence-corrected chi connectivity index (χ0v) is 14.2. The van der Waals surface area contributed by atoms with Crippen molar-refractivity contribution >= 4 is 11.4 Å². The molecule has 0 N–H and O–H groups in total. The highest BCUT2D eigenvalue weighted by Crippen LogP contribution is 2.39. The molecule has 24 heavy (non-hydrogen) atoms. The molecule has 0 aliphatic heterocycles. The van der Waals surface area contributed by atoms with E-state index < -0.39 is 0 Å². The molecule has 0 aromatic heterocycles. The van der Waals surface area contributed by atoms with Crippen LogP contribution in [-0.4, -0.2) is 34.4 Å². The molecule has 2 aromatic rings. The number of rotatable bonds is 8. The Kier molecular flexibility index (Phi) is 6.26. The second-order valence-corrected chi connectivity index (χ2v) is 5.23. The van der Waals surface area contributed by atoms with E-state index in [2.05, 4.69) is 9.88 Å². The molecule has 0 fully saturated rings. The quantitative estimate of drug-likeness (QED) is 0.539. The van der Waals surface area contributed by atoms with E-state index in [4.69, 9.17) is 19.6 Å². The van der Waals surface area contributed by atoms with E-state index in [0.29, 0.717) is 23.8 Å². The SMILES string of the molecule is COc1cc(N(C)CCCOc2ccccc2)c(OC)cc1[N+]#N. The molecule has 126 valence electrons. The molecule has 0 atom stereocenters. The number of diazo groups is 1. The fourth-order valence-electron chi connectivity index (χ4n) is 2.37. The van der Waals surface area contributed by atoms with Crippen LogP contribution in [0.5, 0.6) is 17.2 Å². The summed E-state index contributed by atoms with van der Waals surface area (Å²) in [5.74, 6) is 1.98. The summed E-state index contributed by atoms with van der Waals surface area (Å²) in [6.07, 6.45) is 0.850. The van der Waals surface area contributed by atoms with Crippen molar-refractivity contribution in [3.8, 4) is 17.2 Å². The van der Waals surface area contributed by atoms with Crippen molar-refractivity contribution in [3.05, 3.63) is 47.4 Å². The lowest BCUT2D eigenvalue weighted by Gasteiger charge is -2.21. The van der Waals surface area contributed by atoms with Crippen LogP contribution in [0.1, 0.15) is 6.42 Å². The lowest BCUT2D eigenvalue weighted by atomic mass is 10.2. The van der Waals surface area contributed by atoms with Gasteiger partial charge < -0.3 is 19.1 Å². The maximum atomic E-state index is 9.04. The van der Waals surface area contributed by atoms with Gasteiger partial charge in [-0.05, 0) is 18.6 Å². The van der Waals surface area contributed by atoms with E-state index in [1.807, 2.05) is 37.4 Å². The average Bonchev–Trinajstić information content (AvgIpc) is 2.64. The van der Waals surface area contributed by atoms with Gasteiger partial charge in [0.05, 0.1) is 32.6 Å². The first-order valence-electron chi connectivity index (χ1n) is 7.69. The third kappa shape index (κ3) is 4.29. The minimum Gasteiger partial charge on any atom is -0.494 e. The Bertz CT molecular complexity index is 699. The van der Waals surface area contributed by atoms with Gasteiger partial charge in [-0.3, -0.25) is 0 Å². The van der Waals surface area contributed by atoms with E-state index in [1.165, 1.54) is 7.11 Å². The van der Waals surface area contributed by atoms with Gasteiger partial charge in [-0.2, -0.15) is 0 Å². The number of hydrogen-bond donors (Lipinski definition) is 0. The monoisotopic (exact) mass is 328 g/mol. The molecule has 0 amide bonds. The second-order valence-electron chi connectivity index (χ2n) is 5.23. The molecule has 0 saturated heterocycles. The lowest BCUT2D eigenvalue weighted by Crippen LogP contribution is -2.21. The van der Waals surface area contributed by atoms with E-state index in [0.717, 1.165) is 24.4 Å². The van der Waals surface area contributed by atoms with Crippen molar-refractivity contribution in [2.45, 2.75) is 6.42 Å². The minimum absolute atomic E-state index is 0.332. The standard InChI is InChI=1S/C18H22N3O3/c1-21(10-7-11-24-14-8-5-4-6-9-14)16-13-17(22-2)15(20-19)12-18(16)23-3/h4-6,8-9,12-13H,7,10-11H2,1-3H3/q+1. The van der Waals surface area contributed by atoms with E-state index in [-0.39, 0.29) is 0 Å². The van der Waals surface area contributed by atoms with E-state index in [9.17, 15) is 0 Å². The molecule has 2 rings (SSSR count). The molecule has 6 nitrogen and oxygen atoms in total. The van der Waals surface area contributed by atoms with Crippen LogP contribution in [0.25, 0.3) is 4.98 Å². The largest absolute Gasteiger partial charge is 0.494 e. The van der Waals surface area contributed by atoms with Gasteiger partial charge in [0.2, 0.25) is 11.1 Å². The number of para-hydroxylation sites is 1. The first-order valence-corrected chi connectivity index (χ1v) is 7.69. The van der Waals surface area contributed by atoms with Gasteiger partial charge in [-0.15, -0.1) is 0 Å². The molecule has 0 spiro atoms. The summed E-state index contributed by atoms with van der Waals surface area (Å²) in [7, 11) is 5.09. The van der Waals surface area contributed by atoms with Gasteiger partial charge >= 0.3 is 5.69 Å². The van der Waals surface area contributed by atoms with Crippen LogP contribution < -0.4 is 19.1 Å². The van der Waals surface area contributed by atoms with Crippen LogP contribution in [0.15, 0.2) is 42.5 Å². The van der Waals surface area contributed by atoms with Crippen LogP contribution in [0, 0.1) is 5.39 Å². The Morgan fingerprint density at radius 2 is 1.75 bits per heavy atom. The van der Waals surface area contributed by atoms with Crippen molar-refractivity contribution in [1.29, 1.82) is 5.39 Å². The highest BCUT2D eigenvalue weighted by Gasteiger charge is 2.21. The number of anilines is 1. The van der Waals surface area contributed by atoms with Crippen LogP contribution in [0.2, 0.25) is 0 Å². The zero-order chi connectivity index (χ0) is 17.4. The maximum absolute atomic E-state index is 9.04. The average molecular weight is 328 g/mol. The van der Waals surface area contributed by atoms with Gasteiger partial charge in [-0.25, -0.2) is 0 Å². The Hall–Kier alpha value is -2.94. The van der Waals surface area contributed by atoms with Crippen molar-refractivity contribution in [2.75, 3.05) is 39.3 Å². The molecular weight excluding hydrogens is 306 g/mol. The normalized spacial score (nSPS) is 9.92. The maximum Gasteiger partial charge on any atom is 0.430 e. The topological polar surface area (TPSA) is 59.1 Å². The van der Waals surface area contributed by atoms with E-state index in [1.54, 1.807) is 19.2 Å². The van der Waals surface area contributed by atoms with Crippen LogP contribution in [0.3, 0.4) is 0 Å². The van der Waals surface area contributed by atoms with Crippen molar-refractivity contribution in [2.24, 2.45) is 0 Å². The smallest absolute Gasteiger partial charge is 0.430 e. The van der Waals surface area contributed by atoms with Gasteiger partial charge in [0.15, 0.2) is 10.7 Å². The molecule has 2 aromatic carbocycles. The number of benzene rings is 2. The summed E-state index contributed by atoms with van der Waals surface area (Å²) in [6, 6.07) is 13.2. The molecule has 6 heteroatoms. The molecule has 0 aliphatic carbocycles. The van der Waals surface area contributed by atoms with Gasteiger partial charge in [0, 0.05) is 19.7 Å². The minimum atomic E-state index is 0.332. The molecule has 0 bridgehead atoms. The third-order valence-corrected chi connectivity index (χ3v) is 3.65. The molecular formula is C18H22N3O3+. The molecule has 0 aliphatic rings. The van der Waals surface area contributed by atoms with E-state index >= 15 is 0 Å². The predicted octanol–water partition coefficient (Wildman–Crippen LogP) is 4.09. The number of ether oxygens (including phenoxy) is 3. The molecule has 0 unspecified atom stereocenters. The fraction of sp³-hybridized carbons (Fsp3) is 0.333. The van der Waals surface area contributed by atoms with Gasteiger partial charge in [0.25, 0.3) is 0 Å². The Morgan fingerprint density at radius 1 is 1.04 bits per heavy atom. The predicted molar refractivity (Wildman–Crippen MR) is 94.1 cm³/mol. The highest BCUT2D eigenvalue weighted by molar-refractivity contribution is 5.71. The summed E-state index contributed by atoms with van der Waals surface area (Å²) >= 11 is 0. The first kappa shape index (κ1) is 17.4. The Labute approximate surface area is 142 Å². The number of nitrogens with zero attached hydrogens (tertiary/aromatic N) is 3. The van der Waals surface area contributed by atoms with Crippen molar-refractivity contribution < 1.29 is 14.2 Å². The summed E-state index contributed by atoms with van der Waals surface area (Å²) in [4.78, 5) is 5.27. The summed E-state index contributed by atoms with van der Waals surface area (Å²) < 4.78 is 16.3. The fourth-order valence-corrected chi connectivity index (χ4v) is 2.37. The second kappa shape index (κ2) is 8.63. The number of hydrogen-bond acceptors (Lipinski definition) is 5. The first-order chi connectivity index (χ1) is 11.7. The van der Waals surface area contributed by atoms with Gasteiger partial charge in [-0.1, -0.05) is 18.2 Å². The zero-order valence-electron chi connectivity index (χ0n) is 14.2. The summed E-state index contributed by atoms with van der Waals surface area (Å²) in [5.41, 5.74) is 1.19. The van der Waals surface area contributed by atoms with Crippen molar-refractivity contribution in [1.82, 2.24) is 0 Å². The van der Waals surface area contributed by atoms with Crippen LogP contribution >= 0.6 is 0 Å². The van der Waals surface area contributed by atoms with Crippen LogP contribution in [0.4, 0.5) is 11.4 Å². The van der Waals surface area contributed by atoms with Crippen molar-refractivity contribution in [3.63, 3.8) is 0 Å². The molecule has 0 saturated carbocycles. The molecule has 0 radical (unpaired) electrons. The highest BCUT2D eigenvalue weighted by atomic mass is 16.5. The summed E-state index contributed by atoms with van der Waals surface area (Å²) in [5, 5.41) is 9.04. The summed E-state index contributed by atoms with van der Waals surface area (Å²) in [6.45, 7) is 1.40. The van der Waals surface area contributed by atoms with Gasteiger partial charge in [0.1, 0.15) is 5.75 Å². The Balaban J connectivity index is 1.98. The molecule has 0 heterocycles. The lowest BCUT2D eigenvalue weighted by molar-refractivity contribution is 0.312. The number of methoxy groups -OCH3 is 2. The third-order valence-electron chi connectivity index (χ3n) is 3.65. The Morgan fingerprint density at radius 3 is 2.38 bits per heavy atom.